The van der Waals surface area contributed by atoms with E-state index in [0.717, 1.165) is 19.6 Å². The molecule has 0 aromatic heterocycles. The summed E-state index contributed by atoms with van der Waals surface area (Å²) in [6, 6.07) is -1.24. The molecule has 1 rings (SSSR count). The Kier molecular flexibility index (Phi) is 6.62. The molecule has 1 atom stereocenters. The lowest BCUT2D eigenvalue weighted by Gasteiger charge is -2.26. The van der Waals surface area contributed by atoms with Gasteiger partial charge in [-0.3, -0.25) is 0 Å². The van der Waals surface area contributed by atoms with Crippen molar-refractivity contribution in [2.24, 2.45) is 5.92 Å². The number of hydrogen-bond acceptors (Lipinski definition) is 3. The molecule has 0 saturated carbocycles. The number of hydrogen-bond donors (Lipinski definition) is 3. The summed E-state index contributed by atoms with van der Waals surface area (Å²) in [4.78, 5) is 24.9. The summed E-state index contributed by atoms with van der Waals surface area (Å²) in [6.45, 7) is 7.10. The molecule has 0 unspecified atom stereocenters. The van der Waals surface area contributed by atoms with Gasteiger partial charge in [0.2, 0.25) is 0 Å². The Bertz CT molecular complexity index is 302. The number of carboxylic acid groups (broad SMARTS) is 1. The first kappa shape index (κ1) is 15.8. The third-order valence-corrected chi connectivity index (χ3v) is 3.38. The highest BCUT2D eigenvalue weighted by Gasteiger charge is 2.23. The number of amides is 2. The predicted molar refractivity (Wildman–Crippen MR) is 73.1 cm³/mol. The molecule has 3 N–H and O–H groups in total. The summed E-state index contributed by atoms with van der Waals surface area (Å²) in [7, 11) is 0. The zero-order valence-corrected chi connectivity index (χ0v) is 11.8. The molecule has 2 amide bonds. The van der Waals surface area contributed by atoms with Gasteiger partial charge in [0.25, 0.3) is 0 Å². The monoisotopic (exact) mass is 271 g/mol. The minimum Gasteiger partial charge on any atom is -0.480 e. The summed E-state index contributed by atoms with van der Waals surface area (Å²) < 4.78 is 0. The molecule has 110 valence electrons. The van der Waals surface area contributed by atoms with Crippen molar-refractivity contribution in [3.05, 3.63) is 0 Å². The number of carbonyl (C=O) groups excluding carboxylic acids is 1. The summed E-state index contributed by atoms with van der Waals surface area (Å²) in [5, 5.41) is 14.2. The van der Waals surface area contributed by atoms with E-state index >= 15 is 0 Å². The van der Waals surface area contributed by atoms with E-state index in [2.05, 4.69) is 15.5 Å². The van der Waals surface area contributed by atoms with Gasteiger partial charge in [0.05, 0.1) is 0 Å². The third-order valence-electron chi connectivity index (χ3n) is 3.38. The molecular formula is C13H25N3O3. The molecular weight excluding hydrogens is 246 g/mol. The molecule has 1 heterocycles. The highest BCUT2D eigenvalue weighted by Crippen LogP contribution is 2.07. The lowest BCUT2D eigenvalue weighted by molar-refractivity contribution is -0.140. The fraction of sp³-hybridized carbons (Fsp3) is 0.846. The average molecular weight is 271 g/mol. The van der Waals surface area contributed by atoms with Gasteiger partial charge < -0.3 is 20.6 Å². The van der Waals surface area contributed by atoms with E-state index in [4.69, 9.17) is 5.11 Å². The predicted octanol–water partition coefficient (Wildman–Crippen LogP) is 0.881. The van der Waals surface area contributed by atoms with Crippen molar-refractivity contribution in [2.45, 2.75) is 39.2 Å². The number of likely N-dealkylation sites (tertiary alicyclic amines) is 1. The molecule has 0 aliphatic carbocycles. The van der Waals surface area contributed by atoms with Crippen LogP contribution in [-0.2, 0) is 4.79 Å². The zero-order chi connectivity index (χ0) is 14.3. The quantitative estimate of drug-likeness (QED) is 0.670. The van der Waals surface area contributed by atoms with Crippen LogP contribution >= 0.6 is 0 Å². The smallest absolute Gasteiger partial charge is 0.326 e. The normalized spacial score (nSPS) is 18.1. The van der Waals surface area contributed by atoms with Crippen molar-refractivity contribution in [1.82, 2.24) is 15.5 Å². The number of aliphatic carboxylic acids is 1. The van der Waals surface area contributed by atoms with Crippen LogP contribution in [0.1, 0.15) is 33.1 Å². The maximum atomic E-state index is 11.6. The molecule has 1 aliphatic heterocycles. The van der Waals surface area contributed by atoms with Gasteiger partial charge in [-0.05, 0) is 31.8 Å². The van der Waals surface area contributed by atoms with Gasteiger partial charge in [0.1, 0.15) is 6.04 Å². The van der Waals surface area contributed by atoms with Crippen molar-refractivity contribution in [1.29, 1.82) is 0 Å². The second-order valence-electron chi connectivity index (χ2n) is 5.36. The second kappa shape index (κ2) is 7.99. The van der Waals surface area contributed by atoms with Crippen LogP contribution in [0.25, 0.3) is 0 Å². The van der Waals surface area contributed by atoms with Gasteiger partial charge in [-0.15, -0.1) is 0 Å². The van der Waals surface area contributed by atoms with Crippen LogP contribution in [0.5, 0.6) is 0 Å². The van der Waals surface area contributed by atoms with Gasteiger partial charge in [0.15, 0.2) is 0 Å². The molecule has 1 fully saturated rings. The van der Waals surface area contributed by atoms with Gasteiger partial charge >= 0.3 is 12.0 Å². The van der Waals surface area contributed by atoms with Gasteiger partial charge in [-0.1, -0.05) is 20.3 Å². The molecule has 1 saturated heterocycles. The highest BCUT2D eigenvalue weighted by molar-refractivity contribution is 5.82. The number of carbonyl (C=O) groups is 2. The van der Waals surface area contributed by atoms with Crippen LogP contribution in [0.4, 0.5) is 4.79 Å². The van der Waals surface area contributed by atoms with E-state index in [9.17, 15) is 9.59 Å². The lowest BCUT2D eigenvalue weighted by Crippen LogP contribution is -2.50. The third kappa shape index (κ3) is 5.92. The van der Waals surface area contributed by atoms with Gasteiger partial charge in [-0.2, -0.15) is 0 Å². The van der Waals surface area contributed by atoms with E-state index in [1.54, 1.807) is 13.8 Å². The minimum atomic E-state index is -0.999. The van der Waals surface area contributed by atoms with Crippen LogP contribution < -0.4 is 10.6 Å². The van der Waals surface area contributed by atoms with Crippen molar-refractivity contribution >= 4 is 12.0 Å². The van der Waals surface area contributed by atoms with Gasteiger partial charge in [-0.25, -0.2) is 9.59 Å². The summed E-state index contributed by atoms with van der Waals surface area (Å²) in [5.41, 5.74) is 0. The van der Waals surface area contributed by atoms with Crippen LogP contribution in [0.2, 0.25) is 0 Å². The first-order valence-corrected chi connectivity index (χ1v) is 7.00. The zero-order valence-electron chi connectivity index (χ0n) is 11.8. The fourth-order valence-electron chi connectivity index (χ4n) is 2.22. The fourth-order valence-corrected chi connectivity index (χ4v) is 2.22. The number of carboxylic acids is 1. The number of urea groups is 1. The van der Waals surface area contributed by atoms with Crippen molar-refractivity contribution in [2.75, 3.05) is 26.2 Å². The van der Waals surface area contributed by atoms with E-state index in [1.807, 2.05) is 0 Å². The average Bonchev–Trinajstić information content (AvgIpc) is 2.36. The van der Waals surface area contributed by atoms with Crippen molar-refractivity contribution in [3.63, 3.8) is 0 Å². The maximum absolute atomic E-state index is 11.6. The SMILES string of the molecule is CC(C)[C@@H](NC(=O)NCCN1CCCCC1)C(=O)O. The Morgan fingerprint density at radius 1 is 1.21 bits per heavy atom. The van der Waals surface area contributed by atoms with Crippen LogP contribution in [-0.4, -0.2) is 54.2 Å². The highest BCUT2D eigenvalue weighted by atomic mass is 16.4. The van der Waals surface area contributed by atoms with Crippen LogP contribution in [0, 0.1) is 5.92 Å². The second-order valence-corrected chi connectivity index (χ2v) is 5.36. The molecule has 19 heavy (non-hydrogen) atoms. The Morgan fingerprint density at radius 3 is 2.37 bits per heavy atom. The number of nitrogens with zero attached hydrogens (tertiary/aromatic N) is 1. The molecule has 6 nitrogen and oxygen atoms in total. The Morgan fingerprint density at radius 2 is 1.84 bits per heavy atom. The topological polar surface area (TPSA) is 81.7 Å². The van der Waals surface area contributed by atoms with Crippen molar-refractivity contribution < 1.29 is 14.7 Å². The van der Waals surface area contributed by atoms with Crippen LogP contribution in [0.15, 0.2) is 0 Å². The van der Waals surface area contributed by atoms with E-state index in [1.165, 1.54) is 19.3 Å². The Hall–Kier alpha value is -1.30. The largest absolute Gasteiger partial charge is 0.480 e. The lowest BCUT2D eigenvalue weighted by atomic mass is 10.1. The first-order chi connectivity index (χ1) is 9.00. The maximum Gasteiger partial charge on any atom is 0.326 e. The Labute approximate surface area is 114 Å². The molecule has 0 spiro atoms. The van der Waals surface area contributed by atoms with E-state index in [-0.39, 0.29) is 5.92 Å². The molecule has 0 aromatic carbocycles. The molecule has 0 radical (unpaired) electrons. The van der Waals surface area contributed by atoms with Crippen molar-refractivity contribution in [3.8, 4) is 0 Å². The van der Waals surface area contributed by atoms with E-state index in [0.29, 0.717) is 6.54 Å². The molecule has 1 aliphatic rings. The number of rotatable bonds is 6. The molecule has 6 heteroatoms. The summed E-state index contributed by atoms with van der Waals surface area (Å²) in [5.74, 6) is -1.13. The van der Waals surface area contributed by atoms with E-state index < -0.39 is 18.0 Å². The number of nitrogens with one attached hydrogen (secondary N) is 2. The summed E-state index contributed by atoms with van der Waals surface area (Å²) in [6.07, 6.45) is 3.74. The standard InChI is InChI=1S/C13H25N3O3/c1-10(2)11(12(17)18)15-13(19)14-6-9-16-7-4-3-5-8-16/h10-11H,3-9H2,1-2H3,(H,17,18)(H2,14,15,19)/t11-/m1/s1. The molecule has 0 aromatic rings. The first-order valence-electron chi connectivity index (χ1n) is 7.00. The van der Waals surface area contributed by atoms with Crippen LogP contribution in [0.3, 0.4) is 0 Å². The molecule has 0 bridgehead atoms. The minimum absolute atomic E-state index is 0.134. The van der Waals surface area contributed by atoms with Gasteiger partial charge in [0, 0.05) is 13.1 Å². The Balaban J connectivity index is 2.21. The number of piperidine rings is 1. The summed E-state index contributed by atoms with van der Waals surface area (Å²) >= 11 is 0.